The lowest BCUT2D eigenvalue weighted by Crippen LogP contribution is -2.11. The molecule has 13 heavy (non-hydrogen) atoms. The van der Waals surface area contributed by atoms with Crippen LogP contribution >= 0.6 is 0 Å². The molecule has 3 nitrogen and oxygen atoms in total. The fraction of sp³-hybridized carbons (Fsp3) is 0.667. The van der Waals surface area contributed by atoms with E-state index in [9.17, 15) is 4.79 Å². The smallest absolute Gasteiger partial charge is 0.371 e. The van der Waals surface area contributed by atoms with Gasteiger partial charge in [-0.25, -0.2) is 4.79 Å². The molecule has 0 saturated carbocycles. The molecule has 0 spiro atoms. The largest absolute Gasteiger partial charge is 0.545 e. The standard InChI is InChI=1S/C9H18O3Si/c1-5-8(9(10)11-4)12-13-6-7(2)3/h5,7H,6,13H2,1-4H3. The number of methoxy groups -OCH3 is 1. The van der Waals surface area contributed by atoms with Crippen molar-refractivity contribution >= 4 is 15.7 Å². The Hall–Kier alpha value is -0.773. The lowest BCUT2D eigenvalue weighted by atomic mass is 10.3. The fourth-order valence-corrected chi connectivity index (χ4v) is 1.86. The molecule has 0 atom stereocenters. The Morgan fingerprint density at radius 3 is 2.54 bits per heavy atom. The summed E-state index contributed by atoms with van der Waals surface area (Å²) in [5, 5.41) is 0. The first-order valence-corrected chi connectivity index (χ1v) is 6.07. The van der Waals surface area contributed by atoms with Gasteiger partial charge in [0.15, 0.2) is 5.76 Å². The highest BCUT2D eigenvalue weighted by Gasteiger charge is 2.09. The average molecular weight is 202 g/mol. The predicted octanol–water partition coefficient (Wildman–Crippen LogP) is 1.24. The normalized spacial score (nSPS) is 12.5. The molecule has 0 aromatic heterocycles. The molecular formula is C9H18O3Si. The SMILES string of the molecule is CC=C(O[SiH2]CC(C)C)C(=O)OC. The van der Waals surface area contributed by atoms with Crippen molar-refractivity contribution < 1.29 is 14.0 Å². The summed E-state index contributed by atoms with van der Waals surface area (Å²) in [6.07, 6.45) is 1.65. The van der Waals surface area contributed by atoms with Gasteiger partial charge in [-0.3, -0.25) is 0 Å². The molecule has 76 valence electrons. The highest BCUT2D eigenvalue weighted by molar-refractivity contribution is 6.28. The molecule has 0 bridgehead atoms. The van der Waals surface area contributed by atoms with E-state index in [1.165, 1.54) is 7.11 Å². The molecule has 4 heteroatoms. The first-order chi connectivity index (χ1) is 6.11. The zero-order chi connectivity index (χ0) is 10.3. The lowest BCUT2D eigenvalue weighted by molar-refractivity contribution is -0.138. The van der Waals surface area contributed by atoms with Gasteiger partial charge < -0.3 is 9.16 Å². The van der Waals surface area contributed by atoms with E-state index in [0.29, 0.717) is 11.7 Å². The molecule has 0 aliphatic carbocycles. The van der Waals surface area contributed by atoms with Crippen LogP contribution in [0, 0.1) is 5.92 Å². The van der Waals surface area contributed by atoms with E-state index < -0.39 is 9.76 Å². The highest BCUT2D eigenvalue weighted by Crippen LogP contribution is 2.04. The van der Waals surface area contributed by atoms with Crippen molar-refractivity contribution in [2.45, 2.75) is 26.8 Å². The minimum Gasteiger partial charge on any atom is -0.545 e. The number of ether oxygens (including phenoxy) is 1. The summed E-state index contributed by atoms with van der Waals surface area (Å²) >= 11 is 0. The number of esters is 1. The van der Waals surface area contributed by atoms with Crippen LogP contribution in [-0.2, 0) is 14.0 Å². The van der Waals surface area contributed by atoms with E-state index in [0.717, 1.165) is 6.04 Å². The maximum absolute atomic E-state index is 11.0. The summed E-state index contributed by atoms with van der Waals surface area (Å²) in [4.78, 5) is 11.0. The van der Waals surface area contributed by atoms with Gasteiger partial charge in [0.2, 0.25) is 9.76 Å². The first-order valence-electron chi connectivity index (χ1n) is 4.49. The van der Waals surface area contributed by atoms with Crippen LogP contribution in [0.1, 0.15) is 20.8 Å². The number of allylic oxidation sites excluding steroid dienone is 1. The van der Waals surface area contributed by atoms with Crippen molar-refractivity contribution in [1.29, 1.82) is 0 Å². The Balaban J connectivity index is 3.81. The summed E-state index contributed by atoms with van der Waals surface area (Å²) in [5.41, 5.74) is 0. The number of carbonyl (C=O) groups excluding carboxylic acids is 1. The van der Waals surface area contributed by atoms with Gasteiger partial charge in [-0.05, 0) is 25.0 Å². The summed E-state index contributed by atoms with van der Waals surface area (Å²) < 4.78 is 9.93. The third kappa shape index (κ3) is 5.46. The minimum atomic E-state index is -0.616. The van der Waals surface area contributed by atoms with E-state index in [-0.39, 0.29) is 5.97 Å². The molecule has 0 aliphatic heterocycles. The Bertz CT molecular complexity index is 187. The van der Waals surface area contributed by atoms with Crippen molar-refractivity contribution in [2.75, 3.05) is 7.11 Å². The van der Waals surface area contributed by atoms with Crippen molar-refractivity contribution in [3.05, 3.63) is 11.8 Å². The third-order valence-corrected chi connectivity index (χ3v) is 3.51. The molecule has 0 aliphatic rings. The maximum Gasteiger partial charge on any atom is 0.371 e. The van der Waals surface area contributed by atoms with Gasteiger partial charge in [-0.2, -0.15) is 0 Å². The van der Waals surface area contributed by atoms with Crippen molar-refractivity contribution in [1.82, 2.24) is 0 Å². The Morgan fingerprint density at radius 2 is 2.15 bits per heavy atom. The molecule has 0 aromatic rings. The molecule has 0 unspecified atom stereocenters. The van der Waals surface area contributed by atoms with Crippen LogP contribution in [0.5, 0.6) is 0 Å². The third-order valence-electron chi connectivity index (χ3n) is 1.60. The molecule has 0 saturated heterocycles. The lowest BCUT2D eigenvalue weighted by Gasteiger charge is -2.09. The van der Waals surface area contributed by atoms with Gasteiger partial charge in [-0.15, -0.1) is 0 Å². The topological polar surface area (TPSA) is 35.5 Å². The molecule has 0 amide bonds. The average Bonchev–Trinajstić information content (AvgIpc) is 2.11. The van der Waals surface area contributed by atoms with E-state index in [4.69, 9.17) is 4.43 Å². The fourth-order valence-electron chi connectivity index (χ4n) is 0.765. The van der Waals surface area contributed by atoms with Gasteiger partial charge in [0.25, 0.3) is 0 Å². The number of rotatable bonds is 5. The van der Waals surface area contributed by atoms with E-state index >= 15 is 0 Å². The molecule has 0 N–H and O–H groups in total. The molecule has 0 rings (SSSR count). The van der Waals surface area contributed by atoms with Crippen LogP contribution in [0.15, 0.2) is 11.8 Å². The van der Waals surface area contributed by atoms with Crippen molar-refractivity contribution in [2.24, 2.45) is 5.92 Å². The predicted molar refractivity (Wildman–Crippen MR) is 55.0 cm³/mol. The number of carbonyl (C=O) groups is 1. The van der Waals surface area contributed by atoms with Gasteiger partial charge in [0.05, 0.1) is 7.11 Å². The summed E-state index contributed by atoms with van der Waals surface area (Å²) in [6, 6.07) is 1.08. The quantitative estimate of drug-likeness (QED) is 0.291. The summed E-state index contributed by atoms with van der Waals surface area (Å²) in [5.74, 6) is 0.621. The van der Waals surface area contributed by atoms with E-state index in [1.54, 1.807) is 13.0 Å². The van der Waals surface area contributed by atoms with Crippen LogP contribution in [0.2, 0.25) is 6.04 Å². The highest BCUT2D eigenvalue weighted by atomic mass is 28.2. The van der Waals surface area contributed by atoms with Crippen LogP contribution in [0.25, 0.3) is 0 Å². The molecule has 0 heterocycles. The first kappa shape index (κ1) is 12.2. The van der Waals surface area contributed by atoms with Crippen LogP contribution in [-0.4, -0.2) is 22.8 Å². The summed E-state index contributed by atoms with van der Waals surface area (Å²) in [6.45, 7) is 6.06. The number of hydrogen-bond acceptors (Lipinski definition) is 3. The molecule has 0 radical (unpaired) electrons. The van der Waals surface area contributed by atoms with E-state index in [2.05, 4.69) is 18.6 Å². The Labute approximate surface area is 82.1 Å². The van der Waals surface area contributed by atoms with Crippen molar-refractivity contribution in [3.63, 3.8) is 0 Å². The Morgan fingerprint density at radius 1 is 1.54 bits per heavy atom. The zero-order valence-corrected chi connectivity index (χ0v) is 10.2. The zero-order valence-electron chi connectivity index (χ0n) is 8.79. The van der Waals surface area contributed by atoms with Crippen LogP contribution in [0.4, 0.5) is 0 Å². The maximum atomic E-state index is 11.0. The van der Waals surface area contributed by atoms with Crippen molar-refractivity contribution in [3.8, 4) is 0 Å². The summed E-state index contributed by atoms with van der Waals surface area (Å²) in [7, 11) is 0.744. The van der Waals surface area contributed by atoms with Gasteiger partial charge >= 0.3 is 5.97 Å². The minimum absolute atomic E-state index is 0.356. The van der Waals surface area contributed by atoms with E-state index in [1.807, 2.05) is 0 Å². The Kier molecular flexibility index (Phi) is 6.31. The van der Waals surface area contributed by atoms with Crippen LogP contribution < -0.4 is 0 Å². The van der Waals surface area contributed by atoms with Gasteiger partial charge in [0.1, 0.15) is 0 Å². The second-order valence-corrected chi connectivity index (χ2v) is 4.45. The van der Waals surface area contributed by atoms with Gasteiger partial charge in [0, 0.05) is 0 Å². The van der Waals surface area contributed by atoms with Crippen LogP contribution in [0.3, 0.4) is 0 Å². The number of hydrogen-bond donors (Lipinski definition) is 0. The molecule has 0 aromatic carbocycles. The second kappa shape index (κ2) is 6.71. The monoisotopic (exact) mass is 202 g/mol. The molecule has 0 fully saturated rings. The second-order valence-electron chi connectivity index (χ2n) is 3.18. The molecular weight excluding hydrogens is 184 g/mol. The van der Waals surface area contributed by atoms with Gasteiger partial charge in [-0.1, -0.05) is 13.8 Å².